The molecule has 2 N–H and O–H groups in total. The average molecular weight is 332 g/mol. The Morgan fingerprint density at radius 2 is 2.13 bits per heavy atom. The minimum Gasteiger partial charge on any atom is -0.468 e. The molecule has 1 amide bonds. The van der Waals surface area contributed by atoms with Gasteiger partial charge in [0.2, 0.25) is 5.88 Å². The largest absolute Gasteiger partial charge is 0.468 e. The zero-order chi connectivity index (χ0) is 16.9. The maximum absolute atomic E-state index is 12.2. The molecule has 1 aliphatic rings. The Morgan fingerprint density at radius 1 is 1.39 bits per heavy atom. The monoisotopic (exact) mass is 332 g/mol. The van der Waals surface area contributed by atoms with Crippen LogP contribution in [0.15, 0.2) is 18.3 Å². The maximum atomic E-state index is 12.2. The van der Waals surface area contributed by atoms with Gasteiger partial charge in [-0.3, -0.25) is 4.79 Å². The molecule has 1 heterocycles. The Balaban J connectivity index is 1.99. The molecule has 1 fully saturated rings. The number of hydrogen-bond donors (Lipinski definition) is 2. The van der Waals surface area contributed by atoms with Crippen molar-refractivity contribution in [1.29, 1.82) is 0 Å². The van der Waals surface area contributed by atoms with Gasteiger partial charge in [0.1, 0.15) is 0 Å². The van der Waals surface area contributed by atoms with E-state index in [2.05, 4.69) is 15.0 Å². The molecule has 128 valence electrons. The fourth-order valence-electron chi connectivity index (χ4n) is 2.65. The number of pyridine rings is 1. The second kappa shape index (κ2) is 7.63. The number of aliphatic hydroxyl groups is 1. The van der Waals surface area contributed by atoms with Gasteiger partial charge in [-0.25, -0.2) is 4.98 Å². The lowest BCUT2D eigenvalue weighted by molar-refractivity contribution is -0.154. The molecule has 0 saturated heterocycles. The number of aliphatic hydroxyl groups excluding tert-OH is 1. The van der Waals surface area contributed by atoms with Gasteiger partial charge >= 0.3 is 6.18 Å². The fraction of sp³-hybridized carbons (Fsp3) is 0.600. The zero-order valence-corrected chi connectivity index (χ0v) is 12.5. The number of ether oxygens (including phenoxy) is 1. The molecule has 2 rings (SSSR count). The molecule has 1 aromatic rings. The molecule has 0 aromatic carbocycles. The number of halogens is 3. The summed E-state index contributed by atoms with van der Waals surface area (Å²) in [6.07, 6.45) is 0.374. The van der Waals surface area contributed by atoms with Crippen molar-refractivity contribution in [3.63, 3.8) is 0 Å². The summed E-state index contributed by atoms with van der Waals surface area (Å²) >= 11 is 0. The van der Waals surface area contributed by atoms with E-state index in [0.29, 0.717) is 0 Å². The van der Waals surface area contributed by atoms with Crippen molar-refractivity contribution in [3.8, 4) is 5.88 Å². The maximum Gasteiger partial charge on any atom is 0.422 e. The SMILES string of the molecule is O=C(NC1CCCCC1CO)c1ccnc(OCC(F)(F)F)c1. The lowest BCUT2D eigenvalue weighted by atomic mass is 9.85. The van der Waals surface area contributed by atoms with Crippen molar-refractivity contribution in [3.05, 3.63) is 23.9 Å². The first-order valence-electron chi connectivity index (χ1n) is 7.46. The summed E-state index contributed by atoms with van der Waals surface area (Å²) in [5.41, 5.74) is 0.180. The van der Waals surface area contributed by atoms with E-state index in [1.54, 1.807) is 0 Å². The Bertz CT molecular complexity index is 537. The molecule has 2 unspecified atom stereocenters. The Morgan fingerprint density at radius 3 is 2.83 bits per heavy atom. The highest BCUT2D eigenvalue weighted by molar-refractivity contribution is 5.94. The summed E-state index contributed by atoms with van der Waals surface area (Å²) in [6.45, 7) is -1.46. The van der Waals surface area contributed by atoms with Crippen LogP contribution in [0, 0.1) is 5.92 Å². The summed E-state index contributed by atoms with van der Waals surface area (Å²) in [5, 5.41) is 12.2. The molecule has 2 atom stereocenters. The highest BCUT2D eigenvalue weighted by atomic mass is 19.4. The predicted octanol–water partition coefficient (Wildman–Crippen LogP) is 2.30. The van der Waals surface area contributed by atoms with E-state index in [1.165, 1.54) is 18.3 Å². The quantitative estimate of drug-likeness (QED) is 0.868. The molecule has 1 aromatic heterocycles. The van der Waals surface area contributed by atoms with Crippen LogP contribution in [0.4, 0.5) is 13.2 Å². The lowest BCUT2D eigenvalue weighted by Gasteiger charge is -2.30. The second-order valence-corrected chi connectivity index (χ2v) is 5.59. The van der Waals surface area contributed by atoms with E-state index in [-0.39, 0.29) is 30.0 Å². The summed E-state index contributed by atoms with van der Waals surface area (Å²) in [6, 6.07) is 2.46. The highest BCUT2D eigenvalue weighted by Gasteiger charge is 2.29. The highest BCUT2D eigenvalue weighted by Crippen LogP contribution is 2.24. The number of amides is 1. The number of rotatable bonds is 5. The normalized spacial score (nSPS) is 21.7. The Kier molecular flexibility index (Phi) is 5.81. The number of nitrogens with zero attached hydrogens (tertiary/aromatic N) is 1. The minimum absolute atomic E-state index is 0.00123. The molecule has 0 bridgehead atoms. The van der Waals surface area contributed by atoms with E-state index >= 15 is 0 Å². The standard InChI is InChI=1S/C15H19F3N2O3/c16-15(17,18)9-23-13-7-10(5-6-19-13)14(22)20-12-4-2-1-3-11(12)8-21/h5-7,11-12,21H,1-4,8-9H2,(H,20,22). The van der Waals surface area contributed by atoms with Gasteiger partial charge in [-0.1, -0.05) is 12.8 Å². The van der Waals surface area contributed by atoms with Crippen LogP contribution in [0.1, 0.15) is 36.0 Å². The van der Waals surface area contributed by atoms with Gasteiger partial charge in [-0.15, -0.1) is 0 Å². The number of carbonyl (C=O) groups is 1. The van der Waals surface area contributed by atoms with Crippen molar-refractivity contribution in [2.45, 2.75) is 37.9 Å². The predicted molar refractivity (Wildman–Crippen MR) is 76.1 cm³/mol. The number of aromatic nitrogens is 1. The third-order valence-electron chi connectivity index (χ3n) is 3.84. The lowest BCUT2D eigenvalue weighted by Crippen LogP contribution is -2.43. The molecular weight excluding hydrogens is 313 g/mol. The van der Waals surface area contributed by atoms with Gasteiger partial charge in [0.25, 0.3) is 5.91 Å². The van der Waals surface area contributed by atoms with Crippen LogP contribution in [-0.4, -0.2) is 41.4 Å². The van der Waals surface area contributed by atoms with Crippen molar-refractivity contribution in [1.82, 2.24) is 10.3 Å². The van der Waals surface area contributed by atoms with Crippen LogP contribution >= 0.6 is 0 Å². The van der Waals surface area contributed by atoms with Crippen molar-refractivity contribution in [2.75, 3.05) is 13.2 Å². The summed E-state index contributed by atoms with van der Waals surface area (Å²) in [4.78, 5) is 15.9. The summed E-state index contributed by atoms with van der Waals surface area (Å²) < 4.78 is 40.9. The van der Waals surface area contributed by atoms with Crippen LogP contribution in [0.5, 0.6) is 5.88 Å². The smallest absolute Gasteiger partial charge is 0.422 e. The summed E-state index contributed by atoms with van der Waals surface area (Å²) in [7, 11) is 0. The zero-order valence-electron chi connectivity index (χ0n) is 12.5. The third kappa shape index (κ3) is 5.38. The van der Waals surface area contributed by atoms with Gasteiger partial charge < -0.3 is 15.2 Å². The number of carbonyl (C=O) groups excluding carboxylic acids is 1. The van der Waals surface area contributed by atoms with Crippen LogP contribution in [0.3, 0.4) is 0 Å². The van der Waals surface area contributed by atoms with Gasteiger partial charge in [0.05, 0.1) is 0 Å². The summed E-state index contributed by atoms with van der Waals surface area (Å²) in [5.74, 6) is -0.651. The van der Waals surface area contributed by atoms with E-state index in [0.717, 1.165) is 25.7 Å². The molecule has 5 nitrogen and oxygen atoms in total. The van der Waals surface area contributed by atoms with E-state index < -0.39 is 18.7 Å². The number of nitrogens with one attached hydrogen (secondary N) is 1. The first-order chi connectivity index (χ1) is 10.9. The molecule has 1 saturated carbocycles. The first-order valence-corrected chi connectivity index (χ1v) is 7.46. The van der Waals surface area contributed by atoms with E-state index in [1.807, 2.05) is 0 Å². The Hall–Kier alpha value is -1.83. The second-order valence-electron chi connectivity index (χ2n) is 5.59. The number of hydrogen-bond acceptors (Lipinski definition) is 4. The van der Waals surface area contributed by atoms with Crippen LogP contribution in [0.2, 0.25) is 0 Å². The van der Waals surface area contributed by atoms with Gasteiger partial charge in [-0.2, -0.15) is 13.2 Å². The van der Waals surface area contributed by atoms with Crippen LogP contribution in [0.25, 0.3) is 0 Å². The molecule has 0 spiro atoms. The van der Waals surface area contributed by atoms with Crippen molar-refractivity contribution < 1.29 is 27.8 Å². The van der Waals surface area contributed by atoms with Crippen LogP contribution < -0.4 is 10.1 Å². The van der Waals surface area contributed by atoms with Gasteiger partial charge in [0, 0.05) is 36.4 Å². The van der Waals surface area contributed by atoms with E-state index in [9.17, 15) is 23.1 Å². The molecule has 0 aliphatic heterocycles. The fourth-order valence-corrected chi connectivity index (χ4v) is 2.65. The Labute approximate surface area is 131 Å². The first kappa shape index (κ1) is 17.5. The van der Waals surface area contributed by atoms with Crippen LogP contribution in [-0.2, 0) is 0 Å². The molecule has 1 aliphatic carbocycles. The molecule has 0 radical (unpaired) electrons. The van der Waals surface area contributed by atoms with Gasteiger partial charge in [-0.05, 0) is 18.9 Å². The van der Waals surface area contributed by atoms with Gasteiger partial charge in [0.15, 0.2) is 6.61 Å². The minimum atomic E-state index is -4.46. The number of alkyl halides is 3. The van der Waals surface area contributed by atoms with Crippen molar-refractivity contribution >= 4 is 5.91 Å². The third-order valence-corrected chi connectivity index (χ3v) is 3.84. The average Bonchev–Trinajstić information content (AvgIpc) is 2.53. The molecule has 23 heavy (non-hydrogen) atoms. The molecule has 8 heteroatoms. The van der Waals surface area contributed by atoms with Crippen molar-refractivity contribution in [2.24, 2.45) is 5.92 Å². The molecular formula is C15H19F3N2O3. The van der Waals surface area contributed by atoms with E-state index in [4.69, 9.17) is 0 Å². The topological polar surface area (TPSA) is 71.5 Å².